The van der Waals surface area contributed by atoms with E-state index in [1.165, 1.54) is 13.8 Å². The molecule has 0 bridgehead atoms. The fraction of sp³-hybridized carbons (Fsp3) is 0.154. The number of nitrogens with zero attached hydrogens (tertiary/aromatic N) is 2. The molecule has 0 unspecified atom stereocenters. The normalized spacial score (nSPS) is 11.8. The number of aryl methyl sites for hydroxylation is 2. The van der Waals surface area contributed by atoms with Crippen LogP contribution < -0.4 is 27.0 Å². The quantitative estimate of drug-likeness (QED) is 0.234. The molecule has 41 heavy (non-hydrogen) atoms. The lowest BCUT2D eigenvalue weighted by atomic mass is 9.98. The molecule has 0 spiro atoms. The molecule has 2 aromatic heterocycles. The molecule has 0 N–H and O–H groups in total. The molecule has 15 heteroatoms. The van der Waals surface area contributed by atoms with Gasteiger partial charge >= 0.3 is 0 Å². The first-order chi connectivity index (χ1) is 19.1. The molecule has 5 aromatic rings. The van der Waals surface area contributed by atoms with Gasteiger partial charge < -0.3 is 4.74 Å². The lowest BCUT2D eigenvalue weighted by molar-refractivity contribution is 0.322. The van der Waals surface area contributed by atoms with Crippen LogP contribution in [0, 0.1) is 67.3 Å². The monoisotopic (exact) mass is 584 g/mol. The van der Waals surface area contributed by atoms with Gasteiger partial charge in [-0.1, -0.05) is 0 Å². The summed E-state index contributed by atoms with van der Waals surface area (Å²) in [5, 5.41) is -1.67. The van der Waals surface area contributed by atoms with E-state index in [1.54, 1.807) is 0 Å². The van der Waals surface area contributed by atoms with Gasteiger partial charge in [0.25, 0.3) is 22.2 Å². The van der Waals surface area contributed by atoms with E-state index in [-0.39, 0.29) is 26.5 Å². The van der Waals surface area contributed by atoms with Gasteiger partial charge in [0.1, 0.15) is 5.69 Å². The van der Waals surface area contributed by atoms with Gasteiger partial charge in [0.2, 0.25) is 34.8 Å². The average molecular weight is 584 g/mol. The third-order valence-electron chi connectivity index (χ3n) is 6.94. The highest BCUT2D eigenvalue weighted by atomic mass is 19.2. The molecule has 0 saturated carbocycles. The maximum atomic E-state index is 15.2. The van der Waals surface area contributed by atoms with Crippen molar-refractivity contribution >= 4 is 21.5 Å². The summed E-state index contributed by atoms with van der Waals surface area (Å²) >= 11 is 0. The number of rotatable bonds is 3. The second-order valence-electron chi connectivity index (χ2n) is 9.11. The van der Waals surface area contributed by atoms with Gasteiger partial charge in [-0.2, -0.15) is 17.6 Å². The van der Waals surface area contributed by atoms with Crippen LogP contribution in [0.4, 0.5) is 35.1 Å². The minimum Gasteiger partial charge on any atom is -0.444 e. The predicted octanol–water partition coefficient (Wildman–Crippen LogP) is 4.27. The van der Waals surface area contributed by atoms with E-state index in [2.05, 4.69) is 4.74 Å². The van der Waals surface area contributed by atoms with Crippen LogP contribution in [0.15, 0.2) is 19.2 Å². The van der Waals surface area contributed by atoms with Crippen molar-refractivity contribution in [2.24, 2.45) is 7.05 Å². The van der Waals surface area contributed by atoms with Crippen molar-refractivity contribution in [3.63, 3.8) is 0 Å². The Morgan fingerprint density at radius 1 is 0.463 bits per heavy atom. The summed E-state index contributed by atoms with van der Waals surface area (Å²) in [6, 6.07) is 0. The topological polar surface area (TPSA) is 87.4 Å². The van der Waals surface area contributed by atoms with Crippen molar-refractivity contribution in [3.05, 3.63) is 105 Å². The van der Waals surface area contributed by atoms with Crippen molar-refractivity contribution in [3.8, 4) is 17.2 Å². The summed E-state index contributed by atoms with van der Waals surface area (Å²) in [5.74, 6) is -22.8. The first-order valence-corrected chi connectivity index (χ1v) is 11.3. The fourth-order valence-corrected chi connectivity index (χ4v) is 4.81. The van der Waals surface area contributed by atoms with Crippen LogP contribution in [0.5, 0.6) is 11.5 Å². The van der Waals surface area contributed by atoms with Gasteiger partial charge in [0.05, 0.1) is 21.5 Å². The van der Waals surface area contributed by atoms with Crippen LogP contribution in [-0.2, 0) is 7.05 Å². The summed E-state index contributed by atoms with van der Waals surface area (Å²) in [4.78, 5) is 51.7. The smallest absolute Gasteiger partial charge is 0.266 e. The molecule has 0 aliphatic rings. The number of halogens is 8. The Bertz CT molecular complexity index is 2100. The molecule has 2 heterocycles. The highest BCUT2D eigenvalue weighted by Crippen LogP contribution is 2.38. The molecule has 0 aliphatic carbocycles. The standard InChI is InChI=1S/C26H12F8N2O5/c1-5-8-9(24(38)35(4)23(8)37)6(2)11-10(5)25(39)36(26(11)40)20-14(29)18(33)22(19(34)15(20)30)41-21-16(31)12(27)7(3)13(28)17(21)32/h1-4H3. The highest BCUT2D eigenvalue weighted by Gasteiger charge is 2.34. The second-order valence-corrected chi connectivity index (χ2v) is 9.11. The molecule has 0 atom stereocenters. The predicted molar refractivity (Wildman–Crippen MR) is 128 cm³/mol. The zero-order chi connectivity index (χ0) is 30.6. The van der Waals surface area contributed by atoms with Crippen LogP contribution in [0.3, 0.4) is 0 Å². The maximum Gasteiger partial charge on any atom is 0.266 e. The lowest BCUT2D eigenvalue weighted by Crippen LogP contribution is -2.27. The van der Waals surface area contributed by atoms with Crippen molar-refractivity contribution in [1.82, 2.24) is 9.13 Å². The molecule has 212 valence electrons. The number of hydrogen-bond acceptors (Lipinski definition) is 5. The Morgan fingerprint density at radius 3 is 1.15 bits per heavy atom. The molecule has 0 fully saturated rings. The summed E-state index contributed by atoms with van der Waals surface area (Å²) in [6.07, 6.45) is 0. The number of fused-ring (bicyclic) bond motifs is 2. The number of ether oxygens (including phenoxy) is 1. The van der Waals surface area contributed by atoms with Gasteiger partial charge in [-0.3, -0.25) is 23.7 Å². The second kappa shape index (κ2) is 8.84. The van der Waals surface area contributed by atoms with Crippen LogP contribution in [-0.4, -0.2) is 9.13 Å². The van der Waals surface area contributed by atoms with E-state index in [9.17, 15) is 45.5 Å². The molecule has 7 nitrogen and oxygen atoms in total. The van der Waals surface area contributed by atoms with E-state index in [0.29, 0.717) is 11.5 Å². The first kappa shape index (κ1) is 27.7. The van der Waals surface area contributed by atoms with Gasteiger partial charge in [-0.25, -0.2) is 22.1 Å². The van der Waals surface area contributed by atoms with Gasteiger partial charge in [-0.15, -0.1) is 0 Å². The molecule has 3 aromatic carbocycles. The van der Waals surface area contributed by atoms with E-state index in [4.69, 9.17) is 0 Å². The molecule has 5 rings (SSSR count). The van der Waals surface area contributed by atoms with Gasteiger partial charge in [0, 0.05) is 12.6 Å². The van der Waals surface area contributed by atoms with E-state index in [0.717, 1.165) is 7.05 Å². The molecular weight excluding hydrogens is 572 g/mol. The molecule has 0 aliphatic heterocycles. The van der Waals surface area contributed by atoms with Crippen LogP contribution >= 0.6 is 0 Å². The largest absolute Gasteiger partial charge is 0.444 e. The molecule has 0 amide bonds. The van der Waals surface area contributed by atoms with Gasteiger partial charge in [-0.05, 0) is 31.9 Å². The minimum absolute atomic E-state index is 0.222. The zero-order valence-corrected chi connectivity index (χ0v) is 21.0. The number of aromatic nitrogens is 2. The van der Waals surface area contributed by atoms with Crippen molar-refractivity contribution in [2.75, 3.05) is 0 Å². The zero-order valence-electron chi connectivity index (χ0n) is 21.0. The summed E-state index contributed by atoms with van der Waals surface area (Å²) in [5.41, 5.74) is -8.24. The number of benzene rings is 3. The van der Waals surface area contributed by atoms with Crippen LogP contribution in [0.2, 0.25) is 0 Å². The minimum atomic E-state index is -2.53. The average Bonchev–Trinajstić information content (AvgIpc) is 3.33. The summed E-state index contributed by atoms with van der Waals surface area (Å²) in [7, 11) is 1.14. The van der Waals surface area contributed by atoms with Crippen molar-refractivity contribution in [2.45, 2.75) is 20.8 Å². The highest BCUT2D eigenvalue weighted by molar-refractivity contribution is 6.05. The molecule has 0 saturated heterocycles. The molecular formula is C26H12F8N2O5. The third-order valence-corrected chi connectivity index (χ3v) is 6.94. The Kier molecular flexibility index (Phi) is 5.98. The van der Waals surface area contributed by atoms with E-state index < -0.39 is 102 Å². The maximum absolute atomic E-state index is 15.2. The lowest BCUT2D eigenvalue weighted by Gasteiger charge is -2.14. The fourth-order valence-electron chi connectivity index (χ4n) is 4.81. The van der Waals surface area contributed by atoms with Crippen molar-refractivity contribution < 1.29 is 39.9 Å². The summed E-state index contributed by atoms with van der Waals surface area (Å²) in [6.45, 7) is 2.97. The third kappa shape index (κ3) is 3.37. The Hall–Kier alpha value is -4.82. The van der Waals surface area contributed by atoms with Crippen molar-refractivity contribution in [1.29, 1.82) is 0 Å². The van der Waals surface area contributed by atoms with Crippen LogP contribution in [0.25, 0.3) is 27.2 Å². The van der Waals surface area contributed by atoms with Gasteiger partial charge in [0.15, 0.2) is 23.3 Å². The first-order valence-electron chi connectivity index (χ1n) is 11.3. The Labute approximate surface area is 220 Å². The Morgan fingerprint density at radius 2 is 0.780 bits per heavy atom. The summed E-state index contributed by atoms with van der Waals surface area (Å²) < 4.78 is 121. The number of hydrogen-bond donors (Lipinski definition) is 0. The van der Waals surface area contributed by atoms with E-state index >= 15 is 8.78 Å². The SMILES string of the molecule is Cc1c(F)c(F)c(Oc2c(F)c(F)c(-n3c(=O)c4c(C)c5c(=O)n(C)c(=O)c5c(C)c4c3=O)c(F)c2F)c(F)c1F. The van der Waals surface area contributed by atoms with Crippen LogP contribution in [0.1, 0.15) is 16.7 Å². The molecule has 0 radical (unpaired) electrons. The van der Waals surface area contributed by atoms with E-state index in [1.807, 2.05) is 0 Å². The Balaban J connectivity index is 1.84.